The van der Waals surface area contributed by atoms with E-state index < -0.39 is 0 Å². The molecular weight excluding hydrogens is 186 g/mol. The van der Waals surface area contributed by atoms with Crippen LogP contribution in [0.3, 0.4) is 0 Å². The molecular formula is C12H25N3. The minimum absolute atomic E-state index is 0.808. The number of hydrogen-bond acceptors (Lipinski definition) is 3. The number of nitrogens with one attached hydrogen (secondary N) is 1. The molecule has 2 unspecified atom stereocenters. The molecule has 2 rings (SSSR count). The molecule has 0 aromatic carbocycles. The Morgan fingerprint density at radius 2 is 1.60 bits per heavy atom. The predicted molar refractivity (Wildman–Crippen MR) is 64.2 cm³/mol. The third kappa shape index (κ3) is 2.92. The molecule has 0 bridgehead atoms. The molecule has 0 aliphatic carbocycles. The first-order chi connectivity index (χ1) is 7.27. The lowest BCUT2D eigenvalue weighted by Gasteiger charge is -2.32. The van der Waals surface area contributed by atoms with E-state index in [9.17, 15) is 0 Å². The summed E-state index contributed by atoms with van der Waals surface area (Å²) in [6, 6.07) is 1.62. The molecule has 0 aromatic heterocycles. The number of piperazine rings is 1. The summed E-state index contributed by atoms with van der Waals surface area (Å²) in [6.45, 7) is 12.1. The van der Waals surface area contributed by atoms with Gasteiger partial charge in [-0.1, -0.05) is 0 Å². The molecule has 0 spiro atoms. The molecule has 0 saturated carbocycles. The first-order valence-corrected chi connectivity index (χ1v) is 6.46. The minimum atomic E-state index is 0.808. The third-order valence-electron chi connectivity index (χ3n) is 4.02. The average molecular weight is 211 g/mol. The zero-order chi connectivity index (χ0) is 10.7. The van der Waals surface area contributed by atoms with Gasteiger partial charge in [-0.05, 0) is 26.7 Å². The topological polar surface area (TPSA) is 18.5 Å². The Hall–Kier alpha value is -0.120. The second-order valence-electron chi connectivity index (χ2n) is 5.10. The van der Waals surface area contributed by atoms with Crippen molar-refractivity contribution in [1.29, 1.82) is 0 Å². The monoisotopic (exact) mass is 211 g/mol. The van der Waals surface area contributed by atoms with E-state index in [2.05, 4.69) is 29.0 Å². The smallest absolute Gasteiger partial charge is 0.0115 e. The van der Waals surface area contributed by atoms with Crippen molar-refractivity contribution in [2.75, 3.05) is 39.3 Å². The van der Waals surface area contributed by atoms with Gasteiger partial charge in [-0.15, -0.1) is 0 Å². The largest absolute Gasteiger partial charge is 0.314 e. The molecule has 2 fully saturated rings. The summed E-state index contributed by atoms with van der Waals surface area (Å²) in [7, 11) is 0. The van der Waals surface area contributed by atoms with Gasteiger partial charge in [-0.25, -0.2) is 0 Å². The van der Waals surface area contributed by atoms with E-state index in [0.29, 0.717) is 0 Å². The number of rotatable bonds is 3. The van der Waals surface area contributed by atoms with E-state index in [1.54, 1.807) is 0 Å². The van der Waals surface area contributed by atoms with Crippen LogP contribution in [0.1, 0.15) is 26.7 Å². The fourth-order valence-electron chi connectivity index (χ4n) is 2.88. The number of hydrogen-bond donors (Lipinski definition) is 1. The van der Waals surface area contributed by atoms with Crippen molar-refractivity contribution in [2.24, 2.45) is 0 Å². The van der Waals surface area contributed by atoms with Gasteiger partial charge in [0.1, 0.15) is 0 Å². The van der Waals surface area contributed by atoms with Crippen LogP contribution in [0.25, 0.3) is 0 Å². The molecule has 3 heteroatoms. The standard InChI is InChI=1S/C12H25N3/c1-11-3-4-12(2)15(11)10-9-14-7-5-13-6-8-14/h11-13H,3-10H2,1-2H3. The molecule has 2 aliphatic heterocycles. The second kappa shape index (κ2) is 5.28. The summed E-state index contributed by atoms with van der Waals surface area (Å²) in [4.78, 5) is 5.27. The van der Waals surface area contributed by atoms with Crippen molar-refractivity contribution in [2.45, 2.75) is 38.8 Å². The van der Waals surface area contributed by atoms with Crippen molar-refractivity contribution in [3.8, 4) is 0 Å². The number of likely N-dealkylation sites (tertiary alicyclic amines) is 1. The summed E-state index contributed by atoms with van der Waals surface area (Å²) in [5.41, 5.74) is 0. The Kier molecular flexibility index (Phi) is 4.00. The lowest BCUT2D eigenvalue weighted by molar-refractivity contribution is 0.160. The summed E-state index contributed by atoms with van der Waals surface area (Å²) in [6.07, 6.45) is 2.78. The van der Waals surface area contributed by atoms with Crippen molar-refractivity contribution in [3.63, 3.8) is 0 Å². The summed E-state index contributed by atoms with van der Waals surface area (Å²) < 4.78 is 0. The van der Waals surface area contributed by atoms with Crippen LogP contribution in [0.15, 0.2) is 0 Å². The molecule has 0 radical (unpaired) electrons. The maximum Gasteiger partial charge on any atom is 0.0115 e. The highest BCUT2D eigenvalue weighted by atomic mass is 15.3. The maximum atomic E-state index is 3.40. The summed E-state index contributed by atoms with van der Waals surface area (Å²) in [5, 5.41) is 3.40. The minimum Gasteiger partial charge on any atom is -0.314 e. The van der Waals surface area contributed by atoms with Crippen molar-refractivity contribution in [1.82, 2.24) is 15.1 Å². The average Bonchev–Trinajstić information content (AvgIpc) is 2.58. The van der Waals surface area contributed by atoms with Crippen LogP contribution in [-0.2, 0) is 0 Å². The summed E-state index contributed by atoms with van der Waals surface area (Å²) >= 11 is 0. The lowest BCUT2D eigenvalue weighted by atomic mass is 10.2. The molecule has 2 aliphatic rings. The van der Waals surface area contributed by atoms with Gasteiger partial charge in [0, 0.05) is 51.4 Å². The van der Waals surface area contributed by atoms with Crippen molar-refractivity contribution in [3.05, 3.63) is 0 Å². The Balaban J connectivity index is 1.71. The van der Waals surface area contributed by atoms with Gasteiger partial charge in [0.25, 0.3) is 0 Å². The molecule has 1 N–H and O–H groups in total. The Bertz CT molecular complexity index is 179. The SMILES string of the molecule is CC1CCC(C)N1CCN1CCNCC1. The molecule has 0 aromatic rings. The van der Waals surface area contributed by atoms with E-state index in [4.69, 9.17) is 0 Å². The van der Waals surface area contributed by atoms with Crippen LogP contribution in [-0.4, -0.2) is 61.2 Å². The normalized spacial score (nSPS) is 34.8. The fourth-order valence-corrected chi connectivity index (χ4v) is 2.88. The Morgan fingerprint density at radius 3 is 2.20 bits per heavy atom. The van der Waals surface area contributed by atoms with Gasteiger partial charge in [-0.2, -0.15) is 0 Å². The highest BCUT2D eigenvalue weighted by molar-refractivity contribution is 4.83. The zero-order valence-electron chi connectivity index (χ0n) is 10.2. The Labute approximate surface area is 93.8 Å². The van der Waals surface area contributed by atoms with E-state index in [-0.39, 0.29) is 0 Å². The van der Waals surface area contributed by atoms with Crippen LogP contribution < -0.4 is 5.32 Å². The van der Waals surface area contributed by atoms with Crippen LogP contribution in [0, 0.1) is 0 Å². The highest BCUT2D eigenvalue weighted by Crippen LogP contribution is 2.22. The van der Waals surface area contributed by atoms with Gasteiger partial charge in [0.15, 0.2) is 0 Å². The van der Waals surface area contributed by atoms with Gasteiger partial charge in [0.05, 0.1) is 0 Å². The first kappa shape index (κ1) is 11.4. The lowest BCUT2D eigenvalue weighted by Crippen LogP contribution is -2.47. The van der Waals surface area contributed by atoms with E-state index in [0.717, 1.165) is 12.1 Å². The molecule has 88 valence electrons. The van der Waals surface area contributed by atoms with Gasteiger partial charge < -0.3 is 5.32 Å². The molecule has 2 saturated heterocycles. The highest BCUT2D eigenvalue weighted by Gasteiger charge is 2.27. The summed E-state index contributed by atoms with van der Waals surface area (Å²) in [5.74, 6) is 0. The van der Waals surface area contributed by atoms with Crippen molar-refractivity contribution < 1.29 is 0 Å². The molecule has 2 heterocycles. The second-order valence-corrected chi connectivity index (χ2v) is 5.10. The molecule has 3 nitrogen and oxygen atoms in total. The van der Waals surface area contributed by atoms with Gasteiger partial charge in [0.2, 0.25) is 0 Å². The molecule has 2 atom stereocenters. The quantitative estimate of drug-likeness (QED) is 0.744. The van der Waals surface area contributed by atoms with Crippen LogP contribution in [0.4, 0.5) is 0 Å². The third-order valence-corrected chi connectivity index (χ3v) is 4.02. The van der Waals surface area contributed by atoms with Crippen molar-refractivity contribution >= 4 is 0 Å². The molecule has 15 heavy (non-hydrogen) atoms. The zero-order valence-corrected chi connectivity index (χ0v) is 10.2. The number of nitrogens with zero attached hydrogens (tertiary/aromatic N) is 2. The van der Waals surface area contributed by atoms with E-state index in [1.807, 2.05) is 0 Å². The van der Waals surface area contributed by atoms with Gasteiger partial charge >= 0.3 is 0 Å². The van der Waals surface area contributed by atoms with E-state index in [1.165, 1.54) is 52.1 Å². The van der Waals surface area contributed by atoms with Crippen LogP contribution >= 0.6 is 0 Å². The molecule has 0 amide bonds. The van der Waals surface area contributed by atoms with Crippen LogP contribution in [0.2, 0.25) is 0 Å². The Morgan fingerprint density at radius 1 is 1.00 bits per heavy atom. The van der Waals surface area contributed by atoms with Crippen LogP contribution in [0.5, 0.6) is 0 Å². The van der Waals surface area contributed by atoms with Gasteiger partial charge in [-0.3, -0.25) is 9.80 Å². The van der Waals surface area contributed by atoms with E-state index >= 15 is 0 Å². The maximum absolute atomic E-state index is 3.40. The predicted octanol–water partition coefficient (Wildman–Crippen LogP) is 0.764. The first-order valence-electron chi connectivity index (χ1n) is 6.46. The fraction of sp³-hybridized carbons (Fsp3) is 1.00.